The van der Waals surface area contributed by atoms with Crippen molar-refractivity contribution in [2.45, 2.75) is 32.9 Å². The highest BCUT2D eigenvalue weighted by Gasteiger charge is 2.14. The molecule has 1 amide bonds. The van der Waals surface area contributed by atoms with Crippen molar-refractivity contribution in [3.8, 4) is 5.75 Å². The van der Waals surface area contributed by atoms with E-state index in [2.05, 4.69) is 20.8 Å². The largest absolute Gasteiger partial charge is 0.486 e. The highest BCUT2D eigenvalue weighted by molar-refractivity contribution is 6.05. The molecule has 0 bridgehead atoms. The Morgan fingerprint density at radius 2 is 2.19 bits per heavy atom. The minimum absolute atomic E-state index is 0.164. The summed E-state index contributed by atoms with van der Waals surface area (Å²) in [5.74, 6) is 1.05. The molecule has 0 atom stereocenters. The van der Waals surface area contributed by atoms with Gasteiger partial charge in [-0.2, -0.15) is 0 Å². The van der Waals surface area contributed by atoms with Gasteiger partial charge in [-0.25, -0.2) is 0 Å². The third-order valence-corrected chi connectivity index (χ3v) is 3.76. The monoisotopic (exact) mass is 371 g/mol. The van der Waals surface area contributed by atoms with Gasteiger partial charge < -0.3 is 19.7 Å². The summed E-state index contributed by atoms with van der Waals surface area (Å²) in [4.78, 5) is 12.5. The number of hydrogen-bond donors (Lipinski definition) is 2. The number of amides is 1. The van der Waals surface area contributed by atoms with Gasteiger partial charge in [-0.05, 0) is 31.9 Å². The van der Waals surface area contributed by atoms with Gasteiger partial charge >= 0.3 is 0 Å². The number of para-hydroxylation sites is 1. The molecule has 27 heavy (non-hydrogen) atoms. The van der Waals surface area contributed by atoms with E-state index < -0.39 is 0 Å². The lowest BCUT2D eigenvalue weighted by atomic mass is 10.2. The molecule has 0 unspecified atom stereocenters. The summed E-state index contributed by atoms with van der Waals surface area (Å²) in [6, 6.07) is 8.57. The van der Waals surface area contributed by atoms with Gasteiger partial charge in [0.15, 0.2) is 5.82 Å². The predicted molar refractivity (Wildman–Crippen MR) is 96.3 cm³/mol. The summed E-state index contributed by atoms with van der Waals surface area (Å²) >= 11 is 0. The molecule has 9 heteroatoms. The number of nitrogens with one attached hydrogen (secondary N) is 1. The first kappa shape index (κ1) is 18.6. The number of unbranched alkanes of at least 4 members (excludes halogenated alkanes) is 1. The van der Waals surface area contributed by atoms with Crippen molar-refractivity contribution in [3.05, 3.63) is 53.5 Å². The molecule has 0 aliphatic rings. The molecule has 0 radical (unpaired) electrons. The number of aliphatic hydroxyl groups is 1. The van der Waals surface area contributed by atoms with Crippen LogP contribution in [0.3, 0.4) is 0 Å². The van der Waals surface area contributed by atoms with Crippen LogP contribution in [0.25, 0.3) is 0 Å². The molecule has 0 saturated heterocycles. The van der Waals surface area contributed by atoms with Crippen LogP contribution < -0.4 is 10.1 Å². The van der Waals surface area contributed by atoms with Crippen LogP contribution in [0, 0.1) is 6.92 Å². The van der Waals surface area contributed by atoms with Crippen LogP contribution in [0.4, 0.5) is 5.82 Å². The first-order valence-corrected chi connectivity index (χ1v) is 8.62. The Morgan fingerprint density at radius 3 is 2.96 bits per heavy atom. The number of aryl methyl sites for hydroxylation is 2. The van der Waals surface area contributed by atoms with Gasteiger partial charge in [0.05, 0.1) is 11.8 Å². The highest BCUT2D eigenvalue weighted by atomic mass is 16.5. The molecule has 2 heterocycles. The summed E-state index contributed by atoms with van der Waals surface area (Å²) in [7, 11) is 0. The van der Waals surface area contributed by atoms with E-state index in [9.17, 15) is 4.79 Å². The van der Waals surface area contributed by atoms with Gasteiger partial charge in [0.25, 0.3) is 5.91 Å². The Bertz CT molecular complexity index is 889. The molecule has 2 N–H and O–H groups in total. The van der Waals surface area contributed by atoms with Crippen molar-refractivity contribution in [2.24, 2.45) is 0 Å². The molecular formula is C18H21N5O4. The van der Waals surface area contributed by atoms with Gasteiger partial charge in [-0.3, -0.25) is 9.48 Å². The summed E-state index contributed by atoms with van der Waals surface area (Å²) < 4.78 is 12.4. The van der Waals surface area contributed by atoms with Gasteiger partial charge in [0, 0.05) is 19.2 Å². The number of hydrogen-bond acceptors (Lipinski definition) is 7. The standard InChI is InChI=1S/C18H21N5O4/c1-13-10-17(21-27-13)19-18(25)15-6-2-3-7-16(15)26-12-14-11-23(22-20-14)8-4-5-9-24/h2-3,6-7,10-11,24H,4-5,8-9,12H2,1H3,(H,19,21,25). The Morgan fingerprint density at radius 1 is 1.33 bits per heavy atom. The summed E-state index contributed by atoms with van der Waals surface area (Å²) in [6.45, 7) is 2.78. The van der Waals surface area contributed by atoms with Gasteiger partial charge in [-0.1, -0.05) is 22.5 Å². The van der Waals surface area contributed by atoms with E-state index in [-0.39, 0.29) is 19.1 Å². The Kier molecular flexibility index (Phi) is 6.16. The average molecular weight is 371 g/mol. The lowest BCUT2D eigenvalue weighted by Crippen LogP contribution is -2.14. The third-order valence-electron chi connectivity index (χ3n) is 3.76. The lowest BCUT2D eigenvalue weighted by molar-refractivity contribution is 0.102. The normalized spacial score (nSPS) is 10.7. The molecule has 2 aromatic heterocycles. The number of rotatable bonds is 9. The minimum Gasteiger partial charge on any atom is -0.486 e. The first-order chi connectivity index (χ1) is 13.2. The van der Waals surface area contributed by atoms with Gasteiger partial charge in [-0.15, -0.1) is 5.10 Å². The first-order valence-electron chi connectivity index (χ1n) is 8.62. The zero-order valence-corrected chi connectivity index (χ0v) is 15.0. The number of aromatic nitrogens is 4. The van der Waals surface area contributed by atoms with Crippen molar-refractivity contribution in [1.29, 1.82) is 0 Å². The second-order valence-electron chi connectivity index (χ2n) is 5.97. The van der Waals surface area contributed by atoms with Crippen LogP contribution in [0.2, 0.25) is 0 Å². The maximum atomic E-state index is 12.5. The van der Waals surface area contributed by atoms with Crippen molar-refractivity contribution in [2.75, 3.05) is 11.9 Å². The predicted octanol–water partition coefficient (Wildman–Crippen LogP) is 2.18. The zero-order valence-electron chi connectivity index (χ0n) is 15.0. The SMILES string of the molecule is Cc1cc(NC(=O)c2ccccc2OCc2cn(CCCCO)nn2)no1. The molecule has 3 rings (SSSR count). The number of benzene rings is 1. The van der Waals surface area contributed by atoms with E-state index in [4.69, 9.17) is 14.4 Å². The van der Waals surface area contributed by atoms with Gasteiger partial charge in [0.1, 0.15) is 23.8 Å². The number of nitrogens with zero attached hydrogens (tertiary/aromatic N) is 4. The third kappa shape index (κ3) is 5.14. The summed E-state index contributed by atoms with van der Waals surface area (Å²) in [5, 5.41) is 23.3. The molecule has 0 aliphatic heterocycles. The number of carbonyl (C=O) groups is 1. The minimum atomic E-state index is -0.341. The highest BCUT2D eigenvalue weighted by Crippen LogP contribution is 2.20. The second kappa shape index (κ2) is 8.95. The van der Waals surface area contributed by atoms with Crippen LogP contribution >= 0.6 is 0 Å². The Labute approximate surface area is 155 Å². The summed E-state index contributed by atoms with van der Waals surface area (Å²) in [5.41, 5.74) is 1.04. The fourth-order valence-electron chi connectivity index (χ4n) is 2.44. The molecular weight excluding hydrogens is 350 g/mol. The summed E-state index contributed by atoms with van der Waals surface area (Å²) in [6.07, 6.45) is 3.34. The van der Waals surface area contributed by atoms with Crippen LogP contribution in [0.1, 0.15) is 34.7 Å². The molecule has 3 aromatic rings. The quantitative estimate of drug-likeness (QED) is 0.554. The van der Waals surface area contributed by atoms with Crippen molar-refractivity contribution < 1.29 is 19.2 Å². The molecule has 9 nitrogen and oxygen atoms in total. The number of carbonyl (C=O) groups excluding carboxylic acids is 1. The topological polar surface area (TPSA) is 115 Å². The van der Waals surface area contributed by atoms with E-state index in [0.717, 1.165) is 12.8 Å². The molecule has 0 fully saturated rings. The fourth-order valence-corrected chi connectivity index (χ4v) is 2.44. The van der Waals surface area contributed by atoms with Crippen molar-refractivity contribution in [3.63, 3.8) is 0 Å². The van der Waals surface area contributed by atoms with Crippen molar-refractivity contribution in [1.82, 2.24) is 20.2 Å². The van der Waals surface area contributed by atoms with E-state index >= 15 is 0 Å². The molecule has 1 aromatic carbocycles. The van der Waals surface area contributed by atoms with E-state index in [1.807, 2.05) is 0 Å². The van der Waals surface area contributed by atoms with E-state index in [1.54, 1.807) is 48.1 Å². The van der Waals surface area contributed by atoms with Crippen LogP contribution in [-0.2, 0) is 13.2 Å². The lowest BCUT2D eigenvalue weighted by Gasteiger charge is -2.09. The van der Waals surface area contributed by atoms with E-state index in [1.165, 1.54) is 0 Å². The van der Waals surface area contributed by atoms with E-state index in [0.29, 0.717) is 35.1 Å². The number of ether oxygens (including phenoxy) is 1. The van der Waals surface area contributed by atoms with Gasteiger partial charge in [0.2, 0.25) is 0 Å². The van der Waals surface area contributed by atoms with Crippen LogP contribution in [0.15, 0.2) is 41.1 Å². The molecule has 0 aliphatic carbocycles. The average Bonchev–Trinajstić information content (AvgIpc) is 3.29. The molecule has 0 saturated carbocycles. The Hall–Kier alpha value is -3.20. The molecule has 0 spiro atoms. The number of aliphatic hydroxyl groups excluding tert-OH is 1. The fraction of sp³-hybridized carbons (Fsp3) is 0.333. The number of anilines is 1. The maximum Gasteiger partial charge on any atom is 0.260 e. The van der Waals surface area contributed by atoms with Crippen LogP contribution in [0.5, 0.6) is 5.75 Å². The van der Waals surface area contributed by atoms with Crippen LogP contribution in [-0.4, -0.2) is 37.8 Å². The maximum absolute atomic E-state index is 12.5. The molecule has 142 valence electrons. The zero-order chi connectivity index (χ0) is 19.1. The Balaban J connectivity index is 1.61. The smallest absolute Gasteiger partial charge is 0.260 e. The second-order valence-corrected chi connectivity index (χ2v) is 5.97. The van der Waals surface area contributed by atoms with Crippen molar-refractivity contribution >= 4 is 11.7 Å².